The minimum Gasteiger partial charge on any atom is -0.461 e. The van der Waals surface area contributed by atoms with Gasteiger partial charge in [0.1, 0.15) is 0 Å². The largest absolute Gasteiger partial charge is 0.461 e. The van der Waals surface area contributed by atoms with Gasteiger partial charge >= 0.3 is 5.97 Å². The first-order valence-corrected chi connectivity index (χ1v) is 6.76. The quantitative estimate of drug-likeness (QED) is 0.406. The van der Waals surface area contributed by atoms with E-state index >= 15 is 0 Å². The molecule has 0 bridgehead atoms. The minimum atomic E-state index is -0.802. The Hall–Kier alpha value is -2.43. The first-order valence-electron chi connectivity index (χ1n) is 6.76. The number of carbonyl (C=O) groups is 1. The summed E-state index contributed by atoms with van der Waals surface area (Å²) in [6.07, 6.45) is 1.68. The van der Waals surface area contributed by atoms with Crippen molar-refractivity contribution in [1.82, 2.24) is 4.98 Å². The van der Waals surface area contributed by atoms with Crippen LogP contribution in [0.4, 0.5) is 0 Å². The van der Waals surface area contributed by atoms with E-state index < -0.39 is 11.4 Å². The van der Waals surface area contributed by atoms with Crippen LogP contribution in [0.5, 0.6) is 0 Å². The highest BCUT2D eigenvalue weighted by Gasteiger charge is 2.35. The standard InChI is InChI=1S/C16H18N2O3/c1-4-21-15(19)14(18-20)16(2,3)12-9-10-17-13-8-6-5-7-11(12)13/h5-10,20H,4H2,1-3H3. The van der Waals surface area contributed by atoms with Gasteiger partial charge < -0.3 is 9.94 Å². The van der Waals surface area contributed by atoms with Crippen molar-refractivity contribution in [3.8, 4) is 0 Å². The SMILES string of the molecule is CCOC(=O)C(=NO)C(C)(C)c1ccnc2ccccc12. The molecule has 1 heterocycles. The van der Waals surface area contributed by atoms with Crippen LogP contribution in [-0.2, 0) is 14.9 Å². The molecule has 0 amide bonds. The molecule has 0 aliphatic carbocycles. The highest BCUT2D eigenvalue weighted by molar-refractivity contribution is 6.40. The van der Waals surface area contributed by atoms with Crippen molar-refractivity contribution >= 4 is 22.6 Å². The lowest BCUT2D eigenvalue weighted by Crippen LogP contribution is -2.37. The van der Waals surface area contributed by atoms with Crippen LogP contribution in [0.2, 0.25) is 0 Å². The molecule has 0 saturated carbocycles. The van der Waals surface area contributed by atoms with E-state index in [0.717, 1.165) is 16.5 Å². The Labute approximate surface area is 123 Å². The van der Waals surface area contributed by atoms with Crippen LogP contribution in [0.1, 0.15) is 26.3 Å². The Morgan fingerprint density at radius 3 is 2.71 bits per heavy atom. The molecule has 1 aromatic heterocycles. The average molecular weight is 286 g/mol. The zero-order valence-electron chi connectivity index (χ0n) is 12.3. The monoisotopic (exact) mass is 286 g/mol. The molecule has 21 heavy (non-hydrogen) atoms. The van der Waals surface area contributed by atoms with Gasteiger partial charge in [-0.05, 0) is 38.5 Å². The second-order valence-corrected chi connectivity index (χ2v) is 5.17. The fourth-order valence-electron chi connectivity index (χ4n) is 2.39. The van der Waals surface area contributed by atoms with Crippen LogP contribution >= 0.6 is 0 Å². The van der Waals surface area contributed by atoms with Crippen molar-refractivity contribution in [1.29, 1.82) is 0 Å². The van der Waals surface area contributed by atoms with E-state index in [9.17, 15) is 10.0 Å². The first-order chi connectivity index (χ1) is 10.0. The lowest BCUT2D eigenvalue weighted by molar-refractivity contribution is -0.135. The first kappa shape index (κ1) is 15.0. The molecule has 5 nitrogen and oxygen atoms in total. The van der Waals surface area contributed by atoms with E-state index in [2.05, 4.69) is 10.1 Å². The molecule has 0 atom stereocenters. The maximum absolute atomic E-state index is 12.0. The van der Waals surface area contributed by atoms with Crippen molar-refractivity contribution in [2.45, 2.75) is 26.2 Å². The molecule has 0 fully saturated rings. The third-order valence-corrected chi connectivity index (χ3v) is 3.48. The van der Waals surface area contributed by atoms with Gasteiger partial charge in [0.25, 0.3) is 0 Å². The number of nitrogens with zero attached hydrogens (tertiary/aromatic N) is 2. The molecule has 0 aliphatic heterocycles. The predicted octanol–water partition coefficient (Wildman–Crippen LogP) is 2.91. The number of esters is 1. The lowest BCUT2D eigenvalue weighted by Gasteiger charge is -2.26. The summed E-state index contributed by atoms with van der Waals surface area (Å²) in [7, 11) is 0. The number of hydrogen-bond donors (Lipinski definition) is 1. The van der Waals surface area contributed by atoms with E-state index in [1.165, 1.54) is 0 Å². The van der Waals surface area contributed by atoms with Gasteiger partial charge in [-0.3, -0.25) is 4.98 Å². The van der Waals surface area contributed by atoms with Gasteiger partial charge in [0.15, 0.2) is 5.71 Å². The van der Waals surface area contributed by atoms with Crippen molar-refractivity contribution in [3.05, 3.63) is 42.1 Å². The average Bonchev–Trinajstić information content (AvgIpc) is 2.47. The Balaban J connectivity index is 2.58. The fraction of sp³-hybridized carbons (Fsp3) is 0.312. The van der Waals surface area contributed by atoms with Crippen molar-refractivity contribution in [3.63, 3.8) is 0 Å². The third-order valence-electron chi connectivity index (χ3n) is 3.48. The Kier molecular flexibility index (Phi) is 4.21. The molecule has 2 rings (SSSR count). The Morgan fingerprint density at radius 2 is 2.05 bits per heavy atom. The second kappa shape index (κ2) is 5.91. The summed E-state index contributed by atoms with van der Waals surface area (Å²) in [4.78, 5) is 16.3. The summed E-state index contributed by atoms with van der Waals surface area (Å²) in [5, 5.41) is 13.4. The van der Waals surface area contributed by atoms with Crippen LogP contribution in [-0.4, -0.2) is 28.5 Å². The summed E-state index contributed by atoms with van der Waals surface area (Å²) >= 11 is 0. The number of benzene rings is 1. The summed E-state index contributed by atoms with van der Waals surface area (Å²) in [5.74, 6) is -0.620. The van der Waals surface area contributed by atoms with E-state index in [1.54, 1.807) is 13.1 Å². The van der Waals surface area contributed by atoms with Gasteiger partial charge in [-0.2, -0.15) is 0 Å². The Morgan fingerprint density at radius 1 is 1.33 bits per heavy atom. The molecule has 2 aromatic rings. The predicted molar refractivity (Wildman–Crippen MR) is 80.6 cm³/mol. The number of rotatable bonds is 4. The number of ether oxygens (including phenoxy) is 1. The van der Waals surface area contributed by atoms with Crippen molar-refractivity contribution < 1.29 is 14.7 Å². The third kappa shape index (κ3) is 2.72. The van der Waals surface area contributed by atoms with Gasteiger partial charge in [-0.1, -0.05) is 23.4 Å². The fourth-order valence-corrected chi connectivity index (χ4v) is 2.39. The van der Waals surface area contributed by atoms with Gasteiger partial charge in [-0.15, -0.1) is 0 Å². The van der Waals surface area contributed by atoms with Crippen molar-refractivity contribution in [2.75, 3.05) is 6.61 Å². The van der Waals surface area contributed by atoms with Crippen LogP contribution in [0.15, 0.2) is 41.7 Å². The van der Waals surface area contributed by atoms with Gasteiger partial charge in [0.05, 0.1) is 12.1 Å². The summed E-state index contributed by atoms with van der Waals surface area (Å²) < 4.78 is 4.97. The zero-order valence-corrected chi connectivity index (χ0v) is 12.3. The van der Waals surface area contributed by atoms with Crippen LogP contribution < -0.4 is 0 Å². The van der Waals surface area contributed by atoms with Gasteiger partial charge in [-0.25, -0.2) is 4.79 Å². The van der Waals surface area contributed by atoms with E-state index in [1.807, 2.05) is 44.2 Å². The van der Waals surface area contributed by atoms with Gasteiger partial charge in [0.2, 0.25) is 0 Å². The molecule has 5 heteroatoms. The van der Waals surface area contributed by atoms with Gasteiger partial charge in [0, 0.05) is 17.0 Å². The molecule has 0 radical (unpaired) electrons. The molecule has 0 saturated heterocycles. The molecular formula is C16H18N2O3. The molecule has 0 spiro atoms. The van der Waals surface area contributed by atoms with Crippen LogP contribution in [0, 0.1) is 0 Å². The number of fused-ring (bicyclic) bond motifs is 1. The number of hydrogen-bond acceptors (Lipinski definition) is 5. The molecule has 0 unspecified atom stereocenters. The normalized spacial score (nSPS) is 12.4. The van der Waals surface area contributed by atoms with Crippen molar-refractivity contribution in [2.24, 2.45) is 5.16 Å². The molecule has 110 valence electrons. The zero-order chi connectivity index (χ0) is 15.5. The second-order valence-electron chi connectivity index (χ2n) is 5.17. The number of pyridine rings is 1. The number of aromatic nitrogens is 1. The highest BCUT2D eigenvalue weighted by atomic mass is 16.5. The topological polar surface area (TPSA) is 71.8 Å². The molecule has 1 N–H and O–H groups in total. The van der Waals surface area contributed by atoms with Crippen LogP contribution in [0.25, 0.3) is 10.9 Å². The maximum atomic E-state index is 12.0. The molecule has 0 aliphatic rings. The lowest BCUT2D eigenvalue weighted by atomic mass is 9.78. The molecular weight excluding hydrogens is 268 g/mol. The smallest absolute Gasteiger partial charge is 0.357 e. The maximum Gasteiger partial charge on any atom is 0.357 e. The van der Waals surface area contributed by atoms with E-state index in [4.69, 9.17) is 4.74 Å². The van der Waals surface area contributed by atoms with E-state index in [0.29, 0.717) is 0 Å². The summed E-state index contributed by atoms with van der Waals surface area (Å²) in [6, 6.07) is 9.46. The summed E-state index contributed by atoms with van der Waals surface area (Å²) in [5.41, 5.74) is 0.850. The number of oxime groups is 1. The Bertz CT molecular complexity index is 687. The van der Waals surface area contributed by atoms with E-state index in [-0.39, 0.29) is 12.3 Å². The van der Waals surface area contributed by atoms with Crippen LogP contribution in [0.3, 0.4) is 0 Å². The highest BCUT2D eigenvalue weighted by Crippen LogP contribution is 2.31. The number of carbonyl (C=O) groups excluding carboxylic acids is 1. The minimum absolute atomic E-state index is 0.0271. The number of para-hydroxylation sites is 1. The molecule has 1 aromatic carbocycles. The summed E-state index contributed by atoms with van der Waals surface area (Å²) in [6.45, 7) is 5.58.